The van der Waals surface area contributed by atoms with Gasteiger partial charge in [-0.15, -0.1) is 81.2 Å². The average Bonchev–Trinajstić information content (AvgIpc) is 3.60. The van der Waals surface area contributed by atoms with Gasteiger partial charge in [0.15, 0.2) is 0 Å². The molecule has 0 aliphatic carbocycles. The molecule has 51 heavy (non-hydrogen) atoms. The molecule has 0 aromatic heterocycles. The Morgan fingerprint density at radius 2 is 0.824 bits per heavy atom. The summed E-state index contributed by atoms with van der Waals surface area (Å²) in [5.74, 6) is -0.337. The summed E-state index contributed by atoms with van der Waals surface area (Å²) in [4.78, 5) is 0. The van der Waals surface area contributed by atoms with Crippen LogP contribution in [0.15, 0.2) is 140 Å². The van der Waals surface area contributed by atoms with E-state index in [1.54, 1.807) is 10.4 Å². The van der Waals surface area contributed by atoms with Crippen LogP contribution < -0.4 is 15.6 Å². The fourth-order valence-electron chi connectivity index (χ4n) is 6.55. The molecule has 7 aromatic carbocycles. The minimum absolute atomic E-state index is 0. The summed E-state index contributed by atoms with van der Waals surface area (Å²) >= 11 is 0. The summed E-state index contributed by atoms with van der Waals surface area (Å²) in [6.45, 7) is 7.14. The fraction of sp³-hybridized carbons (Fsp3) is 0.122. The Labute approximate surface area is 312 Å². The van der Waals surface area contributed by atoms with Gasteiger partial charge in [-0.1, -0.05) is 68.0 Å². The second-order valence-electron chi connectivity index (χ2n) is 12.2. The first-order chi connectivity index (χ1) is 23.6. The zero-order valence-electron chi connectivity index (χ0n) is 27.9. The maximum absolute atomic E-state index is 11.8. The van der Waals surface area contributed by atoms with Crippen LogP contribution in [0.3, 0.4) is 0 Å². The summed E-state index contributed by atoms with van der Waals surface area (Å²) in [6.07, 6.45) is -8.65. The largest absolute Gasteiger partial charge is 2.00 e. The molecule has 0 amide bonds. The van der Waals surface area contributed by atoms with E-state index in [9.17, 15) is 26.3 Å². The number of phenolic OH excluding ortho intramolecular Hbond substituents is 2. The third-order valence-electron chi connectivity index (χ3n) is 8.73. The number of alkyl halides is 6. The number of benzene rings is 5. The molecular formula is C41H34F6O2SiZr. The molecule has 0 fully saturated rings. The van der Waals surface area contributed by atoms with Gasteiger partial charge < -0.3 is 10.2 Å². The molecule has 0 aliphatic heterocycles. The number of aryl methyl sites for hydroxylation is 2. The zero-order valence-corrected chi connectivity index (χ0v) is 31.4. The first-order valence-corrected chi connectivity index (χ1v) is 18.2. The van der Waals surface area contributed by atoms with Crippen molar-refractivity contribution >= 4 is 45.2 Å². The summed E-state index contributed by atoms with van der Waals surface area (Å²) in [5.41, 5.74) is 1.33. The third kappa shape index (κ3) is 8.74. The minimum Gasteiger partial charge on any atom is -0.508 e. The van der Waals surface area contributed by atoms with Crippen LogP contribution in [0.1, 0.15) is 22.3 Å². The number of hydrogen-bond acceptors (Lipinski definition) is 2. The standard InChI is InChI=1S/C27H24Si.2C7H5F3O.Zr/c1-19-17-21-11-7-9-15-24(21)26(19)28(3,23-13-5-4-6-14-23)27-20(2)18-22-12-8-10-16-25(22)27;2*8-7(9,10)5-1-3-6(11)4-2-5;/h4-18H,1-3H3;2*1-4,11H;/q-2;;;+2. The van der Waals surface area contributed by atoms with Gasteiger partial charge >= 0.3 is 38.6 Å². The van der Waals surface area contributed by atoms with E-state index in [2.05, 4.69) is 111 Å². The molecule has 7 rings (SSSR count). The Hall–Kier alpha value is -4.40. The van der Waals surface area contributed by atoms with Crippen molar-refractivity contribution in [2.24, 2.45) is 0 Å². The van der Waals surface area contributed by atoms with Gasteiger partial charge in [-0.05, 0) is 48.5 Å². The molecule has 2 N–H and O–H groups in total. The van der Waals surface area contributed by atoms with E-state index in [0.29, 0.717) is 0 Å². The third-order valence-corrected chi connectivity index (χ3v) is 13.5. The predicted octanol–water partition coefficient (Wildman–Crippen LogP) is 9.97. The Kier molecular flexibility index (Phi) is 12.3. The summed E-state index contributed by atoms with van der Waals surface area (Å²) < 4.78 is 71.0. The zero-order chi connectivity index (χ0) is 36.3. The van der Waals surface area contributed by atoms with Gasteiger partial charge in [-0.3, -0.25) is 0 Å². The monoisotopic (exact) mass is 790 g/mol. The summed E-state index contributed by atoms with van der Waals surface area (Å²) in [5, 5.41) is 27.5. The van der Waals surface area contributed by atoms with Gasteiger partial charge in [0.25, 0.3) is 0 Å². The normalized spacial score (nSPS) is 11.6. The number of rotatable bonds is 3. The molecule has 0 atom stereocenters. The first-order valence-electron chi connectivity index (χ1n) is 15.7. The van der Waals surface area contributed by atoms with Crippen molar-refractivity contribution < 1.29 is 62.8 Å². The molecule has 10 heteroatoms. The van der Waals surface area contributed by atoms with Gasteiger partial charge in [0.05, 0.1) is 11.1 Å². The van der Waals surface area contributed by atoms with Crippen LogP contribution in [0.4, 0.5) is 26.3 Å². The molecule has 0 spiro atoms. The molecular weight excluding hydrogens is 758 g/mol. The molecule has 2 nitrogen and oxygen atoms in total. The maximum atomic E-state index is 11.8. The Balaban J connectivity index is 0.000000210. The van der Waals surface area contributed by atoms with Gasteiger partial charge in [0, 0.05) is 8.07 Å². The van der Waals surface area contributed by atoms with E-state index in [1.807, 2.05) is 0 Å². The molecule has 0 radical (unpaired) electrons. The topological polar surface area (TPSA) is 40.5 Å². The van der Waals surface area contributed by atoms with Crippen molar-refractivity contribution in [3.8, 4) is 11.5 Å². The Bertz CT molecular complexity index is 2050. The van der Waals surface area contributed by atoms with Crippen molar-refractivity contribution in [3.63, 3.8) is 0 Å². The molecule has 0 aliphatic rings. The number of hydrogen-bond donors (Lipinski definition) is 2. The van der Waals surface area contributed by atoms with Crippen molar-refractivity contribution in [2.75, 3.05) is 0 Å². The quantitative estimate of drug-likeness (QED) is 0.106. The number of phenols is 2. The van der Waals surface area contributed by atoms with Gasteiger partial charge in [-0.25, -0.2) is 0 Å². The van der Waals surface area contributed by atoms with Crippen molar-refractivity contribution in [1.29, 1.82) is 0 Å². The van der Waals surface area contributed by atoms with Crippen LogP contribution in [0.2, 0.25) is 6.55 Å². The Morgan fingerprint density at radius 3 is 1.18 bits per heavy atom. The minimum atomic E-state index is -4.33. The predicted molar refractivity (Wildman–Crippen MR) is 192 cm³/mol. The van der Waals surface area contributed by atoms with E-state index < -0.39 is 31.6 Å². The number of halogens is 6. The van der Waals surface area contributed by atoms with Crippen LogP contribution in [0, 0.1) is 13.8 Å². The number of fused-ring (bicyclic) bond motifs is 2. The second-order valence-corrected chi connectivity index (χ2v) is 16.0. The van der Waals surface area contributed by atoms with Crippen molar-refractivity contribution in [3.05, 3.63) is 162 Å². The number of aromatic hydroxyl groups is 2. The van der Waals surface area contributed by atoms with Crippen LogP contribution in [-0.2, 0) is 38.6 Å². The van der Waals surface area contributed by atoms with Gasteiger partial charge in [-0.2, -0.15) is 36.7 Å². The summed E-state index contributed by atoms with van der Waals surface area (Å²) in [6, 6.07) is 41.1. The van der Waals surface area contributed by atoms with Crippen molar-refractivity contribution in [1.82, 2.24) is 0 Å². The molecule has 7 aromatic rings. The molecule has 0 heterocycles. The molecule has 0 saturated carbocycles. The fourth-order valence-corrected chi connectivity index (χ4v) is 11.5. The van der Waals surface area contributed by atoms with Gasteiger partial charge in [0.2, 0.25) is 0 Å². The van der Waals surface area contributed by atoms with Crippen molar-refractivity contribution in [2.45, 2.75) is 32.7 Å². The molecule has 0 unspecified atom stereocenters. The van der Waals surface area contributed by atoms with Crippen LogP contribution in [-0.4, -0.2) is 18.3 Å². The van der Waals surface area contributed by atoms with E-state index in [4.69, 9.17) is 10.2 Å². The molecule has 0 saturated heterocycles. The van der Waals surface area contributed by atoms with Crippen LogP contribution >= 0.6 is 0 Å². The summed E-state index contributed by atoms with van der Waals surface area (Å²) in [7, 11) is -2.19. The molecule has 260 valence electrons. The van der Waals surface area contributed by atoms with Gasteiger partial charge in [0.1, 0.15) is 11.5 Å². The van der Waals surface area contributed by atoms with E-state index in [1.165, 1.54) is 37.9 Å². The van der Waals surface area contributed by atoms with E-state index in [-0.39, 0.29) is 37.7 Å². The Morgan fingerprint density at radius 1 is 0.490 bits per heavy atom. The smallest absolute Gasteiger partial charge is 0.508 e. The van der Waals surface area contributed by atoms with E-state index in [0.717, 1.165) is 48.5 Å². The molecule has 0 bridgehead atoms. The average molecular weight is 792 g/mol. The van der Waals surface area contributed by atoms with Crippen LogP contribution in [0.5, 0.6) is 11.5 Å². The first kappa shape index (κ1) is 39.4. The maximum Gasteiger partial charge on any atom is 2.00 e. The second kappa shape index (κ2) is 15.9. The van der Waals surface area contributed by atoms with E-state index >= 15 is 0 Å². The SMILES string of the molecule is Cc1[cH-]c2ccccc2c1[Si](C)(c1ccccc1)c1c(C)[cH-]c2ccccc12.Oc1ccc(C(F)(F)F)cc1.Oc1ccc(C(F)(F)F)cc1.[Zr+2]. The van der Waals surface area contributed by atoms with Crippen LogP contribution in [0.25, 0.3) is 21.5 Å².